The van der Waals surface area contributed by atoms with Crippen LogP contribution in [0.1, 0.15) is 653 Å². The van der Waals surface area contributed by atoms with Crippen LogP contribution >= 0.6 is 31.9 Å². The first-order chi connectivity index (χ1) is 65.2. The topological polar surface area (TPSA) is 192 Å². The predicted molar refractivity (Wildman–Crippen MR) is 590 cm³/mol. The molecule has 0 amide bonds. The molecule has 0 aliphatic carbocycles. The molecule has 0 aromatic heterocycles. The van der Waals surface area contributed by atoms with Gasteiger partial charge in [0.2, 0.25) is 0 Å². The van der Waals surface area contributed by atoms with E-state index >= 15 is 0 Å². The van der Waals surface area contributed by atoms with Gasteiger partial charge in [-0.2, -0.15) is 0 Å². The molecule has 0 atom stereocenters. The van der Waals surface area contributed by atoms with Crippen LogP contribution in [0.5, 0.6) is 0 Å². The number of carbonyl (C=O) groups excluding carboxylic acids is 3. The summed E-state index contributed by atoms with van der Waals surface area (Å²) in [6, 6.07) is 0. The second-order valence-corrected chi connectivity index (χ2v) is 41.8. The van der Waals surface area contributed by atoms with Gasteiger partial charge in [0.25, 0.3) is 0 Å². The van der Waals surface area contributed by atoms with E-state index in [0.29, 0.717) is 32.2 Å². The van der Waals surface area contributed by atoms with Crippen molar-refractivity contribution in [3.8, 4) is 0 Å². The minimum Gasteiger partial charge on any atom is -0.481 e. The van der Waals surface area contributed by atoms with Gasteiger partial charge < -0.3 is 44.9 Å². The molecule has 0 heterocycles. The number of halogens is 2. The normalized spacial score (nSPS) is 11.3. The third-order valence-electron chi connectivity index (χ3n) is 26.6. The van der Waals surface area contributed by atoms with Crippen LogP contribution in [-0.4, -0.2) is 130 Å². The Morgan fingerprint density at radius 1 is 0.233 bits per heavy atom. The molecule has 133 heavy (non-hydrogen) atoms. The standard InChI is InChI=1S/C41H83NO3.C27H55NO3.C25H49BrO2.C17H36O.C8H15BrO2/c1-4-7-10-13-16-17-18-19-20-21-26-31-36-42(38-39-43)37-32-27-22-25-30-35-41(44)45-40(33-28-23-14-11-8-5-2)34-29-24-15-12-9-6-3;1-3-5-7-9-12-16-20-26(21-17-13-10-8-6-4-2)31-27(30)22-18-14-11-15-19-23-28-24-25-29;1-3-5-7-9-12-16-20-24(21-17-13-10-8-6-4-2)28-25(27)22-18-14-11-15-19-23-26;1-3-5-7-9-11-13-15-17(18)16-14-12-10-8-6-4-2;9-7-5-3-1-2-4-6-8(10)11/h40,43H,4-39H2,1-3H3;26,28-29H,3-25H2,1-2H3;24H,3-23H2,1-2H3;17-18H,3-16H2,1-2H3;1-7H2,(H,10,11). The van der Waals surface area contributed by atoms with Crippen molar-refractivity contribution in [1.82, 2.24) is 10.2 Å². The molecule has 0 aromatic rings. The highest BCUT2D eigenvalue weighted by molar-refractivity contribution is 9.09. The average molecular weight is 2020 g/mol. The Morgan fingerprint density at radius 2 is 0.429 bits per heavy atom. The van der Waals surface area contributed by atoms with Crippen LogP contribution in [0, 0.1) is 0 Å². The highest BCUT2D eigenvalue weighted by Crippen LogP contribution is 2.25. The number of carbonyl (C=O) groups is 4. The molecule has 0 radical (unpaired) electrons. The first-order valence-electron chi connectivity index (χ1n) is 59.5. The molecule has 5 N–H and O–H groups in total. The van der Waals surface area contributed by atoms with E-state index in [1.165, 1.54) is 456 Å². The minimum absolute atomic E-state index is 0.0200. The molecule has 0 unspecified atom stereocenters. The Hall–Kier alpha value is -1.36. The first-order valence-corrected chi connectivity index (χ1v) is 61.7. The molecule has 0 fully saturated rings. The Bertz CT molecular complexity index is 2070. The van der Waals surface area contributed by atoms with Crippen LogP contribution in [-0.2, 0) is 33.4 Å². The number of nitrogens with one attached hydrogen (secondary N) is 1. The number of carboxylic acid groups (broad SMARTS) is 1. The van der Waals surface area contributed by atoms with Crippen molar-refractivity contribution < 1.29 is 53.8 Å². The van der Waals surface area contributed by atoms with Gasteiger partial charge in [-0.1, -0.05) is 512 Å². The van der Waals surface area contributed by atoms with Crippen molar-refractivity contribution in [3.05, 3.63) is 0 Å². The molecule has 0 aliphatic rings. The number of nitrogens with zero attached hydrogens (tertiary/aromatic N) is 1. The summed E-state index contributed by atoms with van der Waals surface area (Å²) < 4.78 is 17.8. The third-order valence-corrected chi connectivity index (χ3v) is 27.7. The fourth-order valence-electron chi connectivity index (χ4n) is 17.7. The smallest absolute Gasteiger partial charge is 0.306 e. The number of carboxylic acids is 1. The maximum Gasteiger partial charge on any atom is 0.306 e. The van der Waals surface area contributed by atoms with Gasteiger partial charge in [0.15, 0.2) is 0 Å². The lowest BCUT2D eigenvalue weighted by Gasteiger charge is -2.21. The van der Waals surface area contributed by atoms with Gasteiger partial charge >= 0.3 is 23.9 Å². The van der Waals surface area contributed by atoms with Crippen LogP contribution in [0.3, 0.4) is 0 Å². The maximum atomic E-state index is 12.7. The van der Waals surface area contributed by atoms with Crippen LogP contribution in [0.4, 0.5) is 0 Å². The van der Waals surface area contributed by atoms with Gasteiger partial charge in [-0.15, -0.1) is 0 Å². The molecule has 0 saturated heterocycles. The van der Waals surface area contributed by atoms with E-state index in [0.717, 1.165) is 146 Å². The van der Waals surface area contributed by atoms with E-state index in [2.05, 4.69) is 104 Å². The lowest BCUT2D eigenvalue weighted by atomic mass is 10.0. The predicted octanol–water partition coefficient (Wildman–Crippen LogP) is 37.8. The zero-order chi connectivity index (χ0) is 98.4. The van der Waals surface area contributed by atoms with E-state index in [4.69, 9.17) is 24.4 Å². The summed E-state index contributed by atoms with van der Waals surface area (Å²) in [4.78, 5) is 49.8. The van der Waals surface area contributed by atoms with Crippen LogP contribution in [0.25, 0.3) is 0 Å². The fourth-order valence-corrected chi connectivity index (χ4v) is 18.5. The first kappa shape index (κ1) is 140. The number of alkyl halides is 2. The molecule has 0 saturated carbocycles. The van der Waals surface area contributed by atoms with E-state index < -0.39 is 5.97 Å². The molecular formula is C118H238Br2N2O11. The molecule has 800 valence electrons. The quantitative estimate of drug-likeness (QED) is 0.0167. The summed E-state index contributed by atoms with van der Waals surface area (Å²) in [6.07, 6.45) is 113. The third kappa shape index (κ3) is 131. The molecule has 0 spiro atoms. The summed E-state index contributed by atoms with van der Waals surface area (Å²) in [5, 5.41) is 41.8. The lowest BCUT2D eigenvalue weighted by molar-refractivity contribution is -0.151. The summed E-state index contributed by atoms with van der Waals surface area (Å²) >= 11 is 6.82. The van der Waals surface area contributed by atoms with Gasteiger partial charge in [0.1, 0.15) is 18.3 Å². The van der Waals surface area contributed by atoms with Gasteiger partial charge in [-0.05, 0) is 167 Å². The van der Waals surface area contributed by atoms with Crippen molar-refractivity contribution in [2.24, 2.45) is 0 Å². The second-order valence-electron chi connectivity index (χ2n) is 40.2. The van der Waals surface area contributed by atoms with Gasteiger partial charge in [-0.25, -0.2) is 0 Å². The van der Waals surface area contributed by atoms with Crippen molar-refractivity contribution >= 4 is 55.7 Å². The molecule has 15 heteroatoms. The number of aliphatic hydroxyl groups excluding tert-OH is 3. The zero-order valence-electron chi connectivity index (χ0n) is 91.1. The monoisotopic (exact) mass is 2020 g/mol. The highest BCUT2D eigenvalue weighted by atomic mass is 79.9. The average Bonchev–Trinajstić information content (AvgIpc) is 0.967. The number of esters is 3. The molecule has 0 aromatic carbocycles. The van der Waals surface area contributed by atoms with Crippen molar-refractivity contribution in [2.45, 2.75) is 677 Å². The van der Waals surface area contributed by atoms with E-state index in [9.17, 15) is 29.4 Å². The zero-order valence-corrected chi connectivity index (χ0v) is 94.2. The Balaban J connectivity index is -0.000000547. The van der Waals surface area contributed by atoms with E-state index in [-0.39, 0.29) is 55.5 Å². The van der Waals surface area contributed by atoms with Crippen LogP contribution in [0.2, 0.25) is 0 Å². The lowest BCUT2D eigenvalue weighted by Crippen LogP contribution is -2.29. The number of unbranched alkanes of at least 4 members (excludes halogenated alkanes) is 67. The molecule has 13 nitrogen and oxygen atoms in total. The molecule has 0 aliphatic heterocycles. The summed E-state index contributed by atoms with van der Waals surface area (Å²) in [7, 11) is 0. The van der Waals surface area contributed by atoms with Crippen LogP contribution in [0.15, 0.2) is 0 Å². The van der Waals surface area contributed by atoms with Gasteiger partial charge in [0, 0.05) is 49.4 Å². The number of aliphatic carboxylic acids is 1. The van der Waals surface area contributed by atoms with E-state index in [1.807, 2.05) is 0 Å². The number of ether oxygens (including phenoxy) is 3. The maximum absolute atomic E-state index is 12.7. The largest absolute Gasteiger partial charge is 0.481 e. The minimum atomic E-state index is -0.675. The molecule has 0 bridgehead atoms. The number of aliphatic hydroxyl groups is 3. The summed E-state index contributed by atoms with van der Waals surface area (Å²) in [5.41, 5.74) is 0. The summed E-state index contributed by atoms with van der Waals surface area (Å²) in [5.74, 6) is -0.576. The van der Waals surface area contributed by atoms with Gasteiger partial charge in [-0.3, -0.25) is 19.2 Å². The molecule has 0 rings (SSSR count). The second kappa shape index (κ2) is 129. The highest BCUT2D eigenvalue weighted by Gasteiger charge is 2.19. The van der Waals surface area contributed by atoms with Crippen molar-refractivity contribution in [2.75, 3.05) is 56.6 Å². The van der Waals surface area contributed by atoms with Gasteiger partial charge in [0.05, 0.1) is 19.3 Å². The number of hydrogen-bond donors (Lipinski definition) is 5. The van der Waals surface area contributed by atoms with Crippen molar-refractivity contribution in [1.29, 1.82) is 0 Å². The Kier molecular flexibility index (Phi) is 136. The summed E-state index contributed by atoms with van der Waals surface area (Å²) in [6.45, 7) is 25.5. The van der Waals surface area contributed by atoms with E-state index in [1.54, 1.807) is 0 Å². The van der Waals surface area contributed by atoms with Crippen molar-refractivity contribution in [3.63, 3.8) is 0 Å². The Morgan fingerprint density at radius 3 is 0.647 bits per heavy atom. The number of rotatable bonds is 106. The Labute approximate surface area is 848 Å². The fraction of sp³-hybridized carbons (Fsp3) is 0.966. The molecular weight excluding hydrogens is 1780 g/mol. The number of hydrogen-bond acceptors (Lipinski definition) is 12. The SMILES string of the molecule is CCCCCCCCC(CCCCCCCC)OC(=O)CCCCCCCBr.CCCCCCCCC(CCCCCCCC)OC(=O)CCCCCCCNCCO.CCCCCCCCC(O)CCCCCCCC.CCCCCCCCCCCCCCN(CCO)CCCCCCCC(=O)OC(CCCCCCCC)CCCCCCCC.O=C(O)CCCCCCCBr. The van der Waals surface area contributed by atoms with Crippen LogP contribution < -0.4 is 5.32 Å².